The zero-order valence-electron chi connectivity index (χ0n) is 12.6. The lowest BCUT2D eigenvalue weighted by Crippen LogP contribution is -2.47. The summed E-state index contributed by atoms with van der Waals surface area (Å²) in [5.41, 5.74) is 5.92. The van der Waals surface area contributed by atoms with Crippen LogP contribution in [0, 0.1) is 0 Å². The fourth-order valence-corrected chi connectivity index (χ4v) is 2.94. The van der Waals surface area contributed by atoms with Crippen molar-refractivity contribution < 1.29 is 19.1 Å². The monoisotopic (exact) mass is 304 g/mol. The van der Waals surface area contributed by atoms with Crippen LogP contribution in [-0.4, -0.2) is 30.9 Å². The van der Waals surface area contributed by atoms with Crippen molar-refractivity contribution in [3.05, 3.63) is 35.4 Å². The molecular formula is C16H20N2O4. The van der Waals surface area contributed by atoms with Gasteiger partial charge in [0.1, 0.15) is 0 Å². The number of alkyl carbamates (subject to hydrolysis) is 1. The second-order valence-electron chi connectivity index (χ2n) is 5.31. The molecule has 0 saturated carbocycles. The SMILES string of the molecule is CCOC(=O)NCC[C@]1(C(N)=O)CCC(=O)c2ccccc21. The summed E-state index contributed by atoms with van der Waals surface area (Å²) < 4.78 is 4.79. The van der Waals surface area contributed by atoms with Crippen molar-refractivity contribution in [1.82, 2.24) is 5.32 Å². The molecule has 1 atom stereocenters. The number of hydrogen-bond donors (Lipinski definition) is 2. The van der Waals surface area contributed by atoms with Crippen LogP contribution >= 0.6 is 0 Å². The molecule has 0 unspecified atom stereocenters. The van der Waals surface area contributed by atoms with E-state index in [0.29, 0.717) is 24.0 Å². The molecule has 0 aliphatic heterocycles. The molecule has 6 nitrogen and oxygen atoms in total. The van der Waals surface area contributed by atoms with Crippen molar-refractivity contribution in [2.24, 2.45) is 5.73 Å². The van der Waals surface area contributed by atoms with Gasteiger partial charge in [0.25, 0.3) is 0 Å². The summed E-state index contributed by atoms with van der Waals surface area (Å²) in [6.45, 7) is 2.25. The standard InChI is InChI=1S/C16H20N2O4/c1-2-22-15(21)18-10-9-16(14(17)20)8-7-13(19)11-5-3-4-6-12(11)16/h3-6H,2,7-10H2,1H3,(H2,17,20)(H,18,21)/t16-/m1/s1. The summed E-state index contributed by atoms with van der Waals surface area (Å²) in [6.07, 6.45) is 0.454. The smallest absolute Gasteiger partial charge is 0.407 e. The molecule has 2 amide bonds. The Bertz CT molecular complexity index is 600. The molecule has 6 heteroatoms. The van der Waals surface area contributed by atoms with Crippen molar-refractivity contribution in [2.45, 2.75) is 31.6 Å². The van der Waals surface area contributed by atoms with Crippen LogP contribution in [0.4, 0.5) is 4.79 Å². The first-order valence-electron chi connectivity index (χ1n) is 7.34. The van der Waals surface area contributed by atoms with E-state index in [0.717, 1.165) is 0 Å². The minimum atomic E-state index is -0.927. The number of Topliss-reactive ketones (excluding diaryl/α,β-unsaturated/α-hetero) is 1. The fourth-order valence-electron chi connectivity index (χ4n) is 2.94. The third kappa shape index (κ3) is 2.95. The van der Waals surface area contributed by atoms with Gasteiger partial charge < -0.3 is 15.8 Å². The lowest BCUT2D eigenvalue weighted by atomic mass is 9.67. The molecule has 3 N–H and O–H groups in total. The largest absolute Gasteiger partial charge is 0.450 e. The van der Waals surface area contributed by atoms with Crippen LogP contribution in [0.2, 0.25) is 0 Å². The number of ether oxygens (including phenoxy) is 1. The number of carbonyl (C=O) groups is 3. The second-order valence-corrected chi connectivity index (χ2v) is 5.31. The molecule has 0 radical (unpaired) electrons. The average molecular weight is 304 g/mol. The predicted octanol–water partition coefficient (Wildman–Crippen LogP) is 1.52. The number of nitrogens with two attached hydrogens (primary N) is 1. The van der Waals surface area contributed by atoms with Crippen LogP contribution in [0.25, 0.3) is 0 Å². The quantitative estimate of drug-likeness (QED) is 0.861. The lowest BCUT2D eigenvalue weighted by Gasteiger charge is -2.35. The van der Waals surface area contributed by atoms with Crippen molar-refractivity contribution in [3.63, 3.8) is 0 Å². The number of ketones is 1. The summed E-state index contributed by atoms with van der Waals surface area (Å²) in [7, 11) is 0. The highest BCUT2D eigenvalue weighted by Gasteiger charge is 2.43. The molecule has 0 aromatic heterocycles. The van der Waals surface area contributed by atoms with E-state index in [1.54, 1.807) is 31.2 Å². The Morgan fingerprint density at radius 3 is 2.77 bits per heavy atom. The van der Waals surface area contributed by atoms with Gasteiger partial charge in [0.05, 0.1) is 12.0 Å². The van der Waals surface area contributed by atoms with Crippen LogP contribution in [0.15, 0.2) is 24.3 Å². The van der Waals surface area contributed by atoms with E-state index < -0.39 is 17.4 Å². The zero-order valence-corrected chi connectivity index (χ0v) is 12.6. The van der Waals surface area contributed by atoms with Gasteiger partial charge in [0, 0.05) is 18.5 Å². The van der Waals surface area contributed by atoms with Crippen molar-refractivity contribution in [2.75, 3.05) is 13.2 Å². The molecule has 0 heterocycles. The van der Waals surface area contributed by atoms with Gasteiger partial charge >= 0.3 is 6.09 Å². The third-order valence-corrected chi connectivity index (χ3v) is 4.09. The third-order valence-electron chi connectivity index (χ3n) is 4.09. The molecule has 2 rings (SSSR count). The number of rotatable bonds is 5. The van der Waals surface area contributed by atoms with Crippen LogP contribution in [-0.2, 0) is 14.9 Å². The van der Waals surface area contributed by atoms with Gasteiger partial charge in [-0.1, -0.05) is 24.3 Å². The van der Waals surface area contributed by atoms with E-state index in [-0.39, 0.29) is 25.4 Å². The summed E-state index contributed by atoms with van der Waals surface area (Å²) in [4.78, 5) is 35.5. The minimum Gasteiger partial charge on any atom is -0.450 e. The number of hydrogen-bond acceptors (Lipinski definition) is 4. The van der Waals surface area contributed by atoms with Gasteiger partial charge in [-0.05, 0) is 25.3 Å². The van der Waals surface area contributed by atoms with E-state index in [1.807, 2.05) is 0 Å². The number of nitrogens with one attached hydrogen (secondary N) is 1. The first-order chi connectivity index (χ1) is 10.5. The fraction of sp³-hybridized carbons (Fsp3) is 0.438. The number of carbonyl (C=O) groups excluding carboxylic acids is 3. The highest BCUT2D eigenvalue weighted by atomic mass is 16.5. The van der Waals surface area contributed by atoms with Gasteiger partial charge in [-0.3, -0.25) is 9.59 Å². The number of benzene rings is 1. The first-order valence-corrected chi connectivity index (χ1v) is 7.34. The summed E-state index contributed by atoms with van der Waals surface area (Å²) >= 11 is 0. The molecule has 1 aromatic rings. The number of amides is 2. The van der Waals surface area contributed by atoms with Crippen LogP contribution in [0.1, 0.15) is 42.1 Å². The van der Waals surface area contributed by atoms with E-state index in [9.17, 15) is 14.4 Å². The Morgan fingerprint density at radius 1 is 1.36 bits per heavy atom. The molecule has 22 heavy (non-hydrogen) atoms. The topological polar surface area (TPSA) is 98.5 Å². The number of primary amides is 1. The Balaban J connectivity index is 2.23. The highest BCUT2D eigenvalue weighted by molar-refractivity contribution is 6.03. The molecule has 1 aliphatic rings. The van der Waals surface area contributed by atoms with Crippen LogP contribution < -0.4 is 11.1 Å². The molecule has 1 aromatic carbocycles. The minimum absolute atomic E-state index is 0.0193. The van der Waals surface area contributed by atoms with Gasteiger partial charge in [-0.25, -0.2) is 4.79 Å². The van der Waals surface area contributed by atoms with E-state index in [2.05, 4.69) is 5.32 Å². The summed E-state index contributed by atoms with van der Waals surface area (Å²) in [6, 6.07) is 7.04. The first kappa shape index (κ1) is 16.0. The summed E-state index contributed by atoms with van der Waals surface area (Å²) in [5.74, 6) is -0.455. The van der Waals surface area contributed by atoms with Crippen LogP contribution in [0.3, 0.4) is 0 Å². The average Bonchev–Trinajstić information content (AvgIpc) is 2.50. The molecule has 1 aliphatic carbocycles. The second kappa shape index (κ2) is 6.60. The van der Waals surface area contributed by atoms with Gasteiger partial charge in [0.15, 0.2) is 5.78 Å². The molecule has 0 bridgehead atoms. The van der Waals surface area contributed by atoms with Gasteiger partial charge in [-0.15, -0.1) is 0 Å². The predicted molar refractivity (Wildman–Crippen MR) is 80.5 cm³/mol. The Kier molecular flexibility index (Phi) is 4.80. The van der Waals surface area contributed by atoms with Crippen molar-refractivity contribution >= 4 is 17.8 Å². The lowest BCUT2D eigenvalue weighted by molar-refractivity contribution is -0.124. The molecule has 0 saturated heterocycles. The maximum absolute atomic E-state index is 12.1. The molecule has 0 fully saturated rings. The van der Waals surface area contributed by atoms with Gasteiger partial charge in [0.2, 0.25) is 5.91 Å². The Labute approximate surface area is 129 Å². The molecular weight excluding hydrogens is 284 g/mol. The van der Waals surface area contributed by atoms with Crippen LogP contribution in [0.5, 0.6) is 0 Å². The molecule has 0 spiro atoms. The van der Waals surface area contributed by atoms with Crippen molar-refractivity contribution in [3.8, 4) is 0 Å². The molecule has 118 valence electrons. The normalized spacial score (nSPS) is 20.1. The van der Waals surface area contributed by atoms with E-state index in [1.165, 1.54) is 0 Å². The Morgan fingerprint density at radius 2 is 2.09 bits per heavy atom. The van der Waals surface area contributed by atoms with Crippen molar-refractivity contribution in [1.29, 1.82) is 0 Å². The summed E-state index contributed by atoms with van der Waals surface area (Å²) in [5, 5.41) is 2.60. The van der Waals surface area contributed by atoms with Gasteiger partial charge in [-0.2, -0.15) is 0 Å². The van der Waals surface area contributed by atoms with E-state index in [4.69, 9.17) is 10.5 Å². The van der Waals surface area contributed by atoms with E-state index >= 15 is 0 Å². The highest BCUT2D eigenvalue weighted by Crippen LogP contribution is 2.39. The number of fused-ring (bicyclic) bond motifs is 1. The maximum atomic E-state index is 12.1. The maximum Gasteiger partial charge on any atom is 0.407 e. The zero-order chi connectivity index (χ0) is 16.2. The Hall–Kier alpha value is -2.37.